The number of anilines is 1. The Morgan fingerprint density at radius 3 is 2.21 bits per heavy atom. The van der Waals surface area contributed by atoms with Crippen LogP contribution in [-0.2, 0) is 26.2 Å². The number of amides is 2. The molecule has 1 N–H and O–H groups in total. The van der Waals surface area contributed by atoms with Gasteiger partial charge in [-0.05, 0) is 42.7 Å². The minimum Gasteiger partial charge on any atom is -0.357 e. The normalized spacial score (nSPS) is 12.2. The lowest BCUT2D eigenvalue weighted by molar-refractivity contribution is -0.141. The summed E-state index contributed by atoms with van der Waals surface area (Å²) in [6.45, 7) is 1.65. The lowest BCUT2D eigenvalue weighted by Crippen LogP contribution is -2.48. The van der Waals surface area contributed by atoms with Gasteiger partial charge in [0.05, 0.1) is 11.9 Å². The lowest BCUT2D eigenvalue weighted by atomic mass is 10.1. The molecular formula is C23H28F3N3O4S. The summed E-state index contributed by atoms with van der Waals surface area (Å²) in [5.41, 5.74) is 0.561. The van der Waals surface area contributed by atoms with Crippen LogP contribution >= 0.6 is 0 Å². The van der Waals surface area contributed by atoms with E-state index in [-0.39, 0.29) is 37.5 Å². The first kappa shape index (κ1) is 27.2. The molecule has 2 amide bonds. The fourth-order valence-electron chi connectivity index (χ4n) is 3.52. The van der Waals surface area contributed by atoms with E-state index in [1.807, 2.05) is 0 Å². The van der Waals surface area contributed by atoms with Crippen molar-refractivity contribution >= 4 is 27.5 Å². The van der Waals surface area contributed by atoms with E-state index in [0.717, 1.165) is 28.8 Å². The molecule has 34 heavy (non-hydrogen) atoms. The second kappa shape index (κ2) is 11.9. The number of nitrogens with one attached hydrogen (secondary N) is 1. The molecule has 0 aromatic heterocycles. The molecule has 0 fully saturated rings. The van der Waals surface area contributed by atoms with Crippen LogP contribution in [0.4, 0.5) is 18.9 Å². The Balaban J connectivity index is 2.19. The smallest absolute Gasteiger partial charge is 0.242 e. The number of carbonyl (C=O) groups is 2. The van der Waals surface area contributed by atoms with E-state index in [0.29, 0.717) is 12.0 Å². The highest BCUT2D eigenvalue weighted by molar-refractivity contribution is 7.92. The van der Waals surface area contributed by atoms with Crippen molar-refractivity contribution in [3.05, 3.63) is 65.5 Å². The summed E-state index contributed by atoms with van der Waals surface area (Å²) in [6, 6.07) is 7.50. The summed E-state index contributed by atoms with van der Waals surface area (Å²) in [5.74, 6) is -3.50. The highest BCUT2D eigenvalue weighted by Gasteiger charge is 2.28. The molecule has 0 aliphatic heterocycles. The molecule has 0 saturated heterocycles. The molecule has 11 heteroatoms. The Kier molecular flexibility index (Phi) is 9.48. The predicted molar refractivity (Wildman–Crippen MR) is 123 cm³/mol. The third-order valence-corrected chi connectivity index (χ3v) is 6.44. The van der Waals surface area contributed by atoms with Gasteiger partial charge in [0.25, 0.3) is 0 Å². The van der Waals surface area contributed by atoms with E-state index in [2.05, 4.69) is 5.32 Å². The van der Waals surface area contributed by atoms with Crippen LogP contribution in [0.25, 0.3) is 0 Å². The van der Waals surface area contributed by atoms with Crippen molar-refractivity contribution < 1.29 is 31.2 Å². The quantitative estimate of drug-likeness (QED) is 0.515. The topological polar surface area (TPSA) is 86.8 Å². The van der Waals surface area contributed by atoms with Gasteiger partial charge in [-0.25, -0.2) is 21.6 Å². The largest absolute Gasteiger partial charge is 0.357 e. The molecule has 0 saturated carbocycles. The lowest BCUT2D eigenvalue weighted by Gasteiger charge is -2.30. The second-order valence-corrected chi connectivity index (χ2v) is 9.63. The number of carbonyl (C=O) groups excluding carboxylic acids is 2. The number of sulfonamides is 1. The van der Waals surface area contributed by atoms with E-state index in [4.69, 9.17) is 0 Å². The number of nitrogens with zero attached hydrogens (tertiary/aromatic N) is 2. The number of likely N-dealkylation sites (N-methyl/N-ethyl adjacent to an activating group) is 1. The number of halogens is 3. The molecule has 1 unspecified atom stereocenters. The van der Waals surface area contributed by atoms with Crippen molar-refractivity contribution in [2.75, 3.05) is 24.2 Å². The molecule has 0 bridgehead atoms. The summed E-state index contributed by atoms with van der Waals surface area (Å²) in [6.07, 6.45) is 1.21. The van der Waals surface area contributed by atoms with Gasteiger partial charge in [0.1, 0.15) is 11.9 Å². The molecule has 2 aromatic rings. The van der Waals surface area contributed by atoms with E-state index >= 15 is 0 Å². The zero-order valence-corrected chi connectivity index (χ0v) is 20.0. The van der Waals surface area contributed by atoms with Gasteiger partial charge in [-0.1, -0.05) is 19.1 Å². The Bertz CT molecular complexity index is 1110. The predicted octanol–water partition coefficient (Wildman–Crippen LogP) is 3.20. The van der Waals surface area contributed by atoms with E-state index in [1.165, 1.54) is 36.2 Å². The fraction of sp³-hybridized carbons (Fsp3) is 0.391. The fourth-order valence-corrected chi connectivity index (χ4v) is 4.47. The van der Waals surface area contributed by atoms with Crippen LogP contribution < -0.4 is 9.62 Å². The molecule has 0 spiro atoms. The molecule has 2 rings (SSSR count). The van der Waals surface area contributed by atoms with Crippen molar-refractivity contribution in [3.63, 3.8) is 0 Å². The first-order valence-corrected chi connectivity index (χ1v) is 12.5. The van der Waals surface area contributed by atoms with Gasteiger partial charge >= 0.3 is 0 Å². The van der Waals surface area contributed by atoms with Crippen molar-refractivity contribution in [1.82, 2.24) is 10.2 Å². The monoisotopic (exact) mass is 499 g/mol. The molecule has 0 aliphatic rings. The van der Waals surface area contributed by atoms with Gasteiger partial charge in [-0.2, -0.15) is 0 Å². The number of benzene rings is 2. The van der Waals surface area contributed by atoms with E-state index < -0.39 is 39.4 Å². The van der Waals surface area contributed by atoms with Crippen LogP contribution in [0.1, 0.15) is 31.7 Å². The molecule has 186 valence electrons. The van der Waals surface area contributed by atoms with Crippen LogP contribution in [-0.4, -0.2) is 51.0 Å². The minimum absolute atomic E-state index is 0.0595. The average molecular weight is 500 g/mol. The Morgan fingerprint density at radius 1 is 1.03 bits per heavy atom. The van der Waals surface area contributed by atoms with Crippen molar-refractivity contribution in [3.8, 4) is 0 Å². The first-order valence-electron chi connectivity index (χ1n) is 10.7. The van der Waals surface area contributed by atoms with E-state index in [9.17, 15) is 31.2 Å². The summed E-state index contributed by atoms with van der Waals surface area (Å²) in [5, 5.41) is 2.53. The Morgan fingerprint density at radius 2 is 1.68 bits per heavy atom. The summed E-state index contributed by atoms with van der Waals surface area (Å²) in [4.78, 5) is 26.8. The van der Waals surface area contributed by atoms with Gasteiger partial charge in [0, 0.05) is 32.6 Å². The highest BCUT2D eigenvalue weighted by Crippen LogP contribution is 2.22. The molecule has 0 aliphatic carbocycles. The van der Waals surface area contributed by atoms with Crippen LogP contribution in [0.3, 0.4) is 0 Å². The standard InChI is InChI=1S/C23H28F3N3O4S/c1-4-21(23(31)27-2)28(15-16-7-9-17(24)10-8-16)22(30)6-5-13-29(34(3,32)33)18-11-12-19(25)20(26)14-18/h7-12,14,21H,4-6,13,15H2,1-3H3,(H,27,31). The minimum atomic E-state index is -3.84. The summed E-state index contributed by atoms with van der Waals surface area (Å²) in [7, 11) is -2.38. The third kappa shape index (κ3) is 7.21. The van der Waals surface area contributed by atoms with Gasteiger partial charge in [-0.15, -0.1) is 0 Å². The van der Waals surface area contributed by atoms with Crippen molar-refractivity contribution in [2.45, 2.75) is 38.8 Å². The van der Waals surface area contributed by atoms with Crippen LogP contribution in [0.2, 0.25) is 0 Å². The zero-order chi connectivity index (χ0) is 25.5. The van der Waals surface area contributed by atoms with Gasteiger partial charge in [0.15, 0.2) is 11.6 Å². The number of rotatable bonds is 11. The highest BCUT2D eigenvalue weighted by atomic mass is 32.2. The molecule has 7 nitrogen and oxygen atoms in total. The molecule has 0 radical (unpaired) electrons. The second-order valence-electron chi connectivity index (χ2n) is 7.72. The number of hydrogen-bond acceptors (Lipinski definition) is 4. The van der Waals surface area contributed by atoms with Crippen LogP contribution in [0.5, 0.6) is 0 Å². The SMILES string of the molecule is CCC(C(=O)NC)N(Cc1ccc(F)cc1)C(=O)CCCN(c1ccc(F)c(F)c1)S(C)(=O)=O. The van der Waals surface area contributed by atoms with Crippen LogP contribution in [0.15, 0.2) is 42.5 Å². The summed E-state index contributed by atoms with van der Waals surface area (Å²) < 4.78 is 65.5. The molecule has 0 heterocycles. The average Bonchev–Trinajstić information content (AvgIpc) is 2.78. The molecular weight excluding hydrogens is 471 g/mol. The van der Waals surface area contributed by atoms with E-state index in [1.54, 1.807) is 6.92 Å². The van der Waals surface area contributed by atoms with Gasteiger partial charge < -0.3 is 10.2 Å². The number of hydrogen-bond donors (Lipinski definition) is 1. The van der Waals surface area contributed by atoms with Gasteiger partial charge in [-0.3, -0.25) is 13.9 Å². The van der Waals surface area contributed by atoms with Crippen LogP contribution in [0, 0.1) is 17.5 Å². The summed E-state index contributed by atoms with van der Waals surface area (Å²) >= 11 is 0. The Hall–Kier alpha value is -3.08. The Labute approximate surface area is 197 Å². The zero-order valence-electron chi connectivity index (χ0n) is 19.2. The van der Waals surface area contributed by atoms with Gasteiger partial charge in [0.2, 0.25) is 21.8 Å². The molecule has 1 atom stereocenters. The maximum atomic E-state index is 13.6. The van der Waals surface area contributed by atoms with Crippen molar-refractivity contribution in [2.24, 2.45) is 0 Å². The maximum absolute atomic E-state index is 13.6. The maximum Gasteiger partial charge on any atom is 0.242 e. The van der Waals surface area contributed by atoms with Crippen molar-refractivity contribution in [1.29, 1.82) is 0 Å². The first-order chi connectivity index (χ1) is 16.0. The third-order valence-electron chi connectivity index (χ3n) is 5.24. The molecule has 2 aromatic carbocycles.